The first kappa shape index (κ1) is 84.7. The molecule has 0 aliphatic carbocycles. The minimum absolute atomic E-state index is 0.130. The lowest BCUT2D eigenvalue weighted by Gasteiger charge is -2.42. The van der Waals surface area contributed by atoms with Crippen molar-refractivity contribution in [1.82, 2.24) is 62.7 Å². The number of unbranched alkanes of at least 4 members (excludes halogenated alkanes) is 8. The Kier molecular flexibility index (Phi) is 37.5. The van der Waals surface area contributed by atoms with Crippen LogP contribution in [0.5, 0.6) is 5.75 Å². The maximum absolute atomic E-state index is 14.4. The first-order chi connectivity index (χ1) is 46.9. The number of imidazole rings is 1. The molecule has 15 atom stereocenters. The number of primary amides is 1. The van der Waals surface area contributed by atoms with Crippen LogP contribution >= 0.6 is 0 Å². The van der Waals surface area contributed by atoms with Crippen LogP contribution in [0.25, 0.3) is 0 Å². The van der Waals surface area contributed by atoms with Crippen LogP contribution in [0.1, 0.15) is 143 Å². The molecule has 1 saturated heterocycles. The number of carbonyl (C=O) groups excluding carboxylic acids is 11. The number of hydrogen-bond donors (Lipinski definition) is 19. The van der Waals surface area contributed by atoms with Crippen molar-refractivity contribution >= 4 is 65.0 Å². The van der Waals surface area contributed by atoms with E-state index in [-0.39, 0.29) is 37.3 Å². The predicted molar refractivity (Wildman–Crippen MR) is 354 cm³/mol. The number of nitrogens with two attached hydrogens (primary N) is 1. The molecule has 34 nitrogen and oxygen atoms in total. The normalized spacial score (nSPS) is 19.3. The van der Waals surface area contributed by atoms with E-state index in [1.807, 2.05) is 0 Å². The number of hydrogen-bond acceptors (Lipinski definition) is 22. The molecule has 0 spiro atoms. The Morgan fingerprint density at radius 1 is 0.667 bits per heavy atom. The van der Waals surface area contributed by atoms with Crippen LogP contribution < -0.4 is 53.6 Å². The minimum Gasteiger partial charge on any atom is -0.508 e. The molecule has 0 radical (unpaired) electrons. The van der Waals surface area contributed by atoms with Crippen molar-refractivity contribution in [1.29, 1.82) is 0 Å². The van der Waals surface area contributed by atoms with Gasteiger partial charge in [0.05, 0.1) is 50.3 Å². The third-order valence-corrected chi connectivity index (χ3v) is 16.2. The van der Waals surface area contributed by atoms with Gasteiger partial charge in [0.2, 0.25) is 53.2 Å². The fraction of sp³-hybridized carbons (Fsp3) is 0.631. The maximum atomic E-state index is 14.4. The van der Waals surface area contributed by atoms with E-state index in [1.165, 1.54) is 82.9 Å². The van der Waals surface area contributed by atoms with Crippen LogP contribution in [-0.2, 0) is 75.1 Å². The van der Waals surface area contributed by atoms with E-state index in [0.29, 0.717) is 24.1 Å². The summed E-state index contributed by atoms with van der Waals surface area (Å²) in [6, 6.07) is -4.88. The van der Waals surface area contributed by atoms with Gasteiger partial charge in [-0.3, -0.25) is 52.7 Å². The molecule has 0 saturated carbocycles. The molecule has 1 aliphatic rings. The number of aromatic hydroxyl groups is 1. The molecule has 20 N–H and O–H groups in total. The van der Waals surface area contributed by atoms with Gasteiger partial charge in [-0.2, -0.15) is 0 Å². The van der Waals surface area contributed by atoms with Crippen LogP contribution in [0.2, 0.25) is 0 Å². The molecule has 2 aromatic rings. The van der Waals surface area contributed by atoms with E-state index < -0.39 is 188 Å². The molecule has 3 rings (SSSR count). The highest BCUT2D eigenvalue weighted by Crippen LogP contribution is 2.25. The average molecular weight is 1400 g/mol. The van der Waals surface area contributed by atoms with Gasteiger partial charge in [-0.05, 0) is 72.1 Å². The molecule has 1 fully saturated rings. The van der Waals surface area contributed by atoms with Crippen LogP contribution in [0.15, 0.2) is 60.3 Å². The number of H-pyrrole nitrogens is 1. The fourth-order valence-corrected chi connectivity index (χ4v) is 10.5. The quantitative estimate of drug-likeness (QED) is 0.0225. The number of allylic oxidation sites excluding steroid dienone is 2. The Balaban J connectivity index is 1.82. The van der Waals surface area contributed by atoms with E-state index in [9.17, 15) is 93.6 Å². The molecular weight excluding hydrogens is 1300 g/mol. The number of phenolic OH excluding ortho intramolecular Hbond substituents is 1. The molecular formula is C65H103N13O21. The van der Waals surface area contributed by atoms with Crippen LogP contribution in [0.4, 0.5) is 0 Å². The zero-order valence-electron chi connectivity index (χ0n) is 57.4. The number of aromatic amines is 1. The molecule has 11 amide bonds. The molecule has 1 aromatic carbocycles. The second kappa shape index (κ2) is 43.8. The number of nitrogens with one attached hydrogen (secondary N) is 10. The zero-order chi connectivity index (χ0) is 74.1. The van der Waals surface area contributed by atoms with Crippen LogP contribution in [0.3, 0.4) is 0 Å². The van der Waals surface area contributed by atoms with E-state index >= 15 is 0 Å². The summed E-state index contributed by atoms with van der Waals surface area (Å²) in [5.74, 6) is -11.4. The molecule has 99 heavy (non-hydrogen) atoms. The highest BCUT2D eigenvalue weighted by Gasteiger charge is 2.47. The maximum Gasteiger partial charge on any atom is 0.268 e. The Morgan fingerprint density at radius 3 is 1.79 bits per heavy atom. The first-order valence-corrected chi connectivity index (χ1v) is 33.2. The van der Waals surface area contributed by atoms with E-state index in [2.05, 4.69) is 64.7 Å². The minimum atomic E-state index is -1.96. The van der Waals surface area contributed by atoms with Crippen molar-refractivity contribution < 1.29 is 103 Å². The predicted octanol–water partition coefficient (Wildman–Crippen LogP) is -3.65. The van der Waals surface area contributed by atoms with Crippen molar-refractivity contribution in [2.24, 2.45) is 5.73 Å². The third kappa shape index (κ3) is 28.7. The number of aromatic nitrogens is 2. The molecule has 34 heteroatoms. The van der Waals surface area contributed by atoms with Gasteiger partial charge in [0, 0.05) is 44.7 Å². The lowest BCUT2D eigenvalue weighted by molar-refractivity contribution is -0.312. The van der Waals surface area contributed by atoms with E-state index in [4.69, 9.17) is 15.2 Å². The number of aliphatic hydroxyl groups excluding tert-OH is 7. The fourth-order valence-electron chi connectivity index (χ4n) is 10.5. The number of phenols is 1. The Bertz CT molecular complexity index is 3000. The lowest BCUT2D eigenvalue weighted by Crippen LogP contribution is -2.63. The molecule has 554 valence electrons. The molecule has 0 bridgehead atoms. The second-order valence-electron chi connectivity index (χ2n) is 24.2. The van der Waals surface area contributed by atoms with Gasteiger partial charge in [0.25, 0.3) is 11.8 Å². The number of nitrogens with zero attached hydrogens (tertiary/aromatic N) is 2. The molecule has 1 aliphatic heterocycles. The summed E-state index contributed by atoms with van der Waals surface area (Å²) in [7, 11) is 1.11. The molecule has 2 heterocycles. The Labute approximate surface area is 574 Å². The Morgan fingerprint density at radius 2 is 1.22 bits per heavy atom. The van der Waals surface area contributed by atoms with Crippen LogP contribution in [0, 0.1) is 0 Å². The van der Waals surface area contributed by atoms with Gasteiger partial charge in [-0.25, -0.2) is 4.98 Å². The van der Waals surface area contributed by atoms with Gasteiger partial charge in [0.1, 0.15) is 77.8 Å². The summed E-state index contributed by atoms with van der Waals surface area (Å²) >= 11 is 0. The number of rotatable bonds is 44. The summed E-state index contributed by atoms with van der Waals surface area (Å²) in [6.45, 7) is 8.36. The number of carbonyl (C=O) groups is 11. The summed E-state index contributed by atoms with van der Waals surface area (Å²) in [6.07, 6.45) is -1.75. The lowest BCUT2D eigenvalue weighted by atomic mass is 9.99. The topological polar surface area (TPSA) is 534 Å². The van der Waals surface area contributed by atoms with Crippen molar-refractivity contribution in [3.8, 4) is 5.75 Å². The van der Waals surface area contributed by atoms with Gasteiger partial charge >= 0.3 is 0 Å². The summed E-state index contributed by atoms with van der Waals surface area (Å²) in [5.41, 5.74) is 5.26. The number of amides is 11. The first-order valence-electron chi connectivity index (χ1n) is 33.2. The highest BCUT2D eigenvalue weighted by atomic mass is 16.7. The smallest absolute Gasteiger partial charge is 0.268 e. The van der Waals surface area contributed by atoms with Gasteiger partial charge < -0.3 is 114 Å². The molecule has 1 aromatic heterocycles. The number of benzene rings is 1. The largest absolute Gasteiger partial charge is 0.508 e. The number of aliphatic hydroxyl groups is 7. The van der Waals surface area contributed by atoms with E-state index in [1.54, 1.807) is 6.92 Å². The van der Waals surface area contributed by atoms with Crippen molar-refractivity contribution in [2.75, 3.05) is 26.7 Å². The van der Waals surface area contributed by atoms with E-state index in [0.717, 1.165) is 64.0 Å². The summed E-state index contributed by atoms with van der Waals surface area (Å²) in [5, 5.41) is 105. The van der Waals surface area contributed by atoms with Crippen LogP contribution in [-0.4, -0.2) is 239 Å². The zero-order valence-corrected chi connectivity index (χ0v) is 57.4. The van der Waals surface area contributed by atoms with Crippen molar-refractivity contribution in [2.45, 2.75) is 236 Å². The number of likely N-dealkylation sites (N-methyl/N-ethyl adjacent to an activating group) is 2. The second-order valence-corrected chi connectivity index (χ2v) is 24.2. The SMILES string of the molecule is C/C=C(/NC(=O)C[C@H](O)CCCCCCCCCCC)C(=O)N[C@H](C(=O)N[C@@H](C(=O)N[C@H](Cc1ccc(O)cc1)C(=O)N/C(=C/C)C(=O)N[C@H](CCC(N)=O)C(=O)NCC(=O)N(C)[C@H](C(=O)N[C@@H](Cc1cnc[nH]1)C(=O)NCC)[C@H](C)O[C@H]1O[C@H](CO)[C@@H](O)[C@H](O)[C@H]1O)[C@@H](C)O)[C@@H](C)O. The number of ether oxygens (including phenoxy) is 2. The Hall–Kier alpha value is -8.48. The highest BCUT2D eigenvalue weighted by molar-refractivity contribution is 6.03. The summed E-state index contributed by atoms with van der Waals surface area (Å²) in [4.78, 5) is 158. The monoisotopic (exact) mass is 1400 g/mol. The van der Waals surface area contributed by atoms with Gasteiger partial charge in [-0.1, -0.05) is 89.0 Å². The summed E-state index contributed by atoms with van der Waals surface area (Å²) < 4.78 is 11.4. The standard InChI is InChI=1S/C65H103N13O21/c1-9-13-14-15-16-17-18-19-20-21-41(83)30-49(85)71-42(10-2)60(93)76-52(36(6)81)63(96)77-51(35(5)80)62(95)74-45(28-38-22-24-40(82)25-23-38)61(94)72-43(11-3)59(92)73-44(26-27-48(66)84)57(90)69-32-50(86)78(8)53(37(7)98-65-56(89)55(88)54(87)47(33-79)99-65)64(97)75-46(58(91)68-12-4)29-39-31-67-34-70-39/h10-11,22-25,31,34-37,41,44-47,51-56,65,79-83,87-89H,9,12-21,26-30,32-33H2,1-8H3,(H2,66,84)(H,67,70)(H,68,91)(H,69,90)(H,71,85)(H,72,94)(H,73,92)(H,74,95)(H,75,97)(H,76,93)(H,77,96)/b42-10+,43-11+/t35-,36-,37+,41-,44-,45-,46+,47-,51-,52+,53+,54-,55+,56-,65+/m1/s1. The van der Waals surface area contributed by atoms with Crippen molar-refractivity contribution in [3.05, 3.63) is 71.6 Å². The van der Waals surface area contributed by atoms with Crippen molar-refractivity contribution in [3.63, 3.8) is 0 Å². The third-order valence-electron chi connectivity index (χ3n) is 16.2. The molecule has 0 unspecified atom stereocenters. The average Bonchev–Trinajstić information content (AvgIpc) is 1.75. The van der Waals surface area contributed by atoms with Gasteiger partial charge in [-0.15, -0.1) is 0 Å². The van der Waals surface area contributed by atoms with Gasteiger partial charge in [0.15, 0.2) is 6.29 Å².